The van der Waals surface area contributed by atoms with E-state index in [2.05, 4.69) is 32.6 Å². The first kappa shape index (κ1) is 39.2. The minimum atomic E-state index is -1.12. The van der Waals surface area contributed by atoms with Crippen LogP contribution in [0, 0.1) is 47.3 Å². The van der Waals surface area contributed by atoms with Gasteiger partial charge in [-0.3, -0.25) is 28.8 Å². The van der Waals surface area contributed by atoms with E-state index in [0.717, 1.165) is 36.8 Å². The second-order valence-electron chi connectivity index (χ2n) is 15.8. The molecule has 0 radical (unpaired) electrons. The standard InChI is InChI=1S/C44H46N4O10/c1-3-55-41(51)33-29(25-11-7-5-8-12-25)31-37(49)35(39(33)57-43(31)53)47-45-27-19-15-23(16-20-27)24-17-21-28(22-18-24)46-48-36-38(50)32-30(26-13-9-6-10-14-26)34(42(52)56-4-2)40(36)58-44(32)54/h5-7,9,15-22,25-26,29-36,39-40H,3-4,8,10-14H2,1-2H3. The normalized spacial score (nSPS) is 34.0. The molecule has 4 heterocycles. The molecule has 14 heteroatoms. The van der Waals surface area contributed by atoms with Gasteiger partial charge in [0.05, 0.1) is 24.6 Å². The van der Waals surface area contributed by atoms with E-state index in [1.807, 2.05) is 36.4 Å². The lowest BCUT2D eigenvalue weighted by Gasteiger charge is -2.49. The van der Waals surface area contributed by atoms with Crippen LogP contribution in [0.1, 0.15) is 52.4 Å². The van der Waals surface area contributed by atoms with Gasteiger partial charge in [-0.1, -0.05) is 48.6 Å². The Morgan fingerprint density at radius 2 is 1.00 bits per heavy atom. The number of ketones is 2. The molecular formula is C44H46N4O10. The summed E-state index contributed by atoms with van der Waals surface area (Å²) >= 11 is 0. The maximum atomic E-state index is 13.7. The first-order valence-corrected chi connectivity index (χ1v) is 20.3. The summed E-state index contributed by atoms with van der Waals surface area (Å²) < 4.78 is 22.2. The zero-order valence-corrected chi connectivity index (χ0v) is 32.4. The highest BCUT2D eigenvalue weighted by molar-refractivity contribution is 6.07. The van der Waals surface area contributed by atoms with Crippen LogP contribution in [-0.2, 0) is 47.7 Å². The van der Waals surface area contributed by atoms with Gasteiger partial charge in [0.15, 0.2) is 23.7 Å². The van der Waals surface area contributed by atoms with Crippen molar-refractivity contribution in [3.05, 3.63) is 72.8 Å². The number of Topliss-reactive ketones (excluding diaryl/α,β-unsaturated/α-hetero) is 2. The van der Waals surface area contributed by atoms with Gasteiger partial charge >= 0.3 is 23.9 Å². The molecule has 0 aromatic heterocycles. The number of hydrogen-bond donors (Lipinski definition) is 0. The molecule has 302 valence electrons. The van der Waals surface area contributed by atoms with E-state index in [1.165, 1.54) is 0 Å². The zero-order chi connectivity index (χ0) is 40.5. The fourth-order valence-corrected chi connectivity index (χ4v) is 10.0. The number of nitrogens with zero attached hydrogens (tertiary/aromatic N) is 4. The number of azo groups is 2. The van der Waals surface area contributed by atoms with Crippen LogP contribution in [0.2, 0.25) is 0 Å². The van der Waals surface area contributed by atoms with Gasteiger partial charge in [-0.15, -0.1) is 0 Å². The molecule has 2 saturated carbocycles. The number of carbonyl (C=O) groups is 6. The van der Waals surface area contributed by atoms with Crippen molar-refractivity contribution in [3.63, 3.8) is 0 Å². The molecule has 0 amide bonds. The molecule has 2 aromatic rings. The SMILES string of the molecule is CCOC(=O)C1C2OC(=O)C(C(=O)C2N=Nc2ccc(-c3ccc(N=NC4C(=O)C5C(=O)OC4C(C(=O)OCC)C5C4CC=CCC4)cc3)cc2)C1C1CC=CCC1. The molecule has 12 unspecified atom stereocenters. The number of rotatable bonds is 11. The molecule has 4 aliphatic carbocycles. The van der Waals surface area contributed by atoms with E-state index < -0.39 is 83.7 Å². The molecule has 12 atom stereocenters. The van der Waals surface area contributed by atoms with Crippen molar-refractivity contribution in [2.45, 2.75) is 76.7 Å². The smallest absolute Gasteiger partial charge is 0.317 e. The highest BCUT2D eigenvalue weighted by atomic mass is 16.6. The number of esters is 4. The first-order valence-electron chi connectivity index (χ1n) is 20.3. The Bertz CT molecular complexity index is 1930. The molecule has 0 spiro atoms. The van der Waals surface area contributed by atoms with Gasteiger partial charge < -0.3 is 18.9 Å². The van der Waals surface area contributed by atoms with Crippen molar-refractivity contribution in [1.82, 2.24) is 0 Å². The molecule has 10 rings (SSSR count). The molecule has 58 heavy (non-hydrogen) atoms. The maximum Gasteiger partial charge on any atom is 0.317 e. The monoisotopic (exact) mass is 790 g/mol. The van der Waals surface area contributed by atoms with Gasteiger partial charge in [0.1, 0.15) is 35.9 Å². The molecule has 0 N–H and O–H groups in total. The largest absolute Gasteiger partial charge is 0.466 e. The maximum absolute atomic E-state index is 13.7. The number of hydrogen-bond acceptors (Lipinski definition) is 14. The van der Waals surface area contributed by atoms with Crippen LogP contribution in [0.3, 0.4) is 0 Å². The molecule has 2 aromatic carbocycles. The van der Waals surface area contributed by atoms with E-state index in [1.54, 1.807) is 38.1 Å². The topological polar surface area (TPSA) is 189 Å². The third kappa shape index (κ3) is 7.21. The van der Waals surface area contributed by atoms with Crippen molar-refractivity contribution in [2.75, 3.05) is 13.2 Å². The Balaban J connectivity index is 0.951. The number of benzene rings is 2. The molecule has 8 aliphatic rings. The fraction of sp³-hybridized carbons (Fsp3) is 0.500. The molecule has 4 aliphatic heterocycles. The third-order valence-corrected chi connectivity index (χ3v) is 12.6. The highest BCUT2D eigenvalue weighted by Crippen LogP contribution is 2.50. The highest BCUT2D eigenvalue weighted by Gasteiger charge is 2.65. The lowest BCUT2D eigenvalue weighted by Crippen LogP contribution is -2.65. The van der Waals surface area contributed by atoms with Gasteiger partial charge in [0.2, 0.25) is 0 Å². The van der Waals surface area contributed by atoms with E-state index in [9.17, 15) is 28.8 Å². The predicted octanol–water partition coefficient (Wildman–Crippen LogP) is 6.81. The van der Waals surface area contributed by atoms with E-state index in [-0.39, 0.29) is 36.6 Å². The van der Waals surface area contributed by atoms with Crippen molar-refractivity contribution >= 4 is 46.8 Å². The van der Waals surface area contributed by atoms with Gasteiger partial charge in [-0.25, -0.2) is 0 Å². The number of carbonyl (C=O) groups excluding carboxylic acids is 6. The Morgan fingerprint density at radius 1 is 0.603 bits per heavy atom. The molecule has 4 bridgehead atoms. The summed E-state index contributed by atoms with van der Waals surface area (Å²) in [6.45, 7) is 3.76. The van der Waals surface area contributed by atoms with Crippen molar-refractivity contribution in [3.8, 4) is 11.1 Å². The summed E-state index contributed by atoms with van der Waals surface area (Å²) in [6.07, 6.45) is 10.6. The van der Waals surface area contributed by atoms with Crippen LogP contribution in [0.5, 0.6) is 0 Å². The minimum absolute atomic E-state index is 0.0217. The summed E-state index contributed by atoms with van der Waals surface area (Å²) in [5.41, 5.74) is 2.63. The van der Waals surface area contributed by atoms with Crippen molar-refractivity contribution < 1.29 is 47.7 Å². The quantitative estimate of drug-likeness (QED) is 0.0769. The molecular weight excluding hydrogens is 745 g/mol. The summed E-state index contributed by atoms with van der Waals surface area (Å²) in [5.74, 6) is -7.81. The van der Waals surface area contributed by atoms with Crippen molar-refractivity contribution in [2.24, 2.45) is 67.8 Å². The molecule has 6 fully saturated rings. The Morgan fingerprint density at radius 3 is 1.34 bits per heavy atom. The average molecular weight is 791 g/mol. The number of allylic oxidation sites excluding steroid dienone is 4. The molecule has 4 saturated heterocycles. The van der Waals surface area contributed by atoms with Crippen LogP contribution in [0.4, 0.5) is 11.4 Å². The predicted molar refractivity (Wildman–Crippen MR) is 205 cm³/mol. The number of ether oxygens (including phenoxy) is 4. The summed E-state index contributed by atoms with van der Waals surface area (Å²) in [5, 5.41) is 17.4. The Kier molecular flexibility index (Phi) is 11.3. The van der Waals surface area contributed by atoms with Crippen LogP contribution in [0.25, 0.3) is 11.1 Å². The zero-order valence-electron chi connectivity index (χ0n) is 32.4. The van der Waals surface area contributed by atoms with E-state index >= 15 is 0 Å². The lowest BCUT2D eigenvalue weighted by atomic mass is 9.59. The van der Waals surface area contributed by atoms with E-state index in [4.69, 9.17) is 18.9 Å². The van der Waals surface area contributed by atoms with Crippen LogP contribution in [0.15, 0.2) is 93.3 Å². The fourth-order valence-electron chi connectivity index (χ4n) is 10.0. The third-order valence-electron chi connectivity index (χ3n) is 12.6. The Labute approximate surface area is 335 Å². The minimum Gasteiger partial charge on any atom is -0.466 e. The number of fused-ring (bicyclic) bond motifs is 6. The van der Waals surface area contributed by atoms with Crippen LogP contribution in [-0.4, -0.2) is 72.9 Å². The lowest BCUT2D eigenvalue weighted by molar-refractivity contribution is -0.202. The Hall–Kier alpha value is -5.66. The van der Waals surface area contributed by atoms with E-state index in [0.29, 0.717) is 24.2 Å². The van der Waals surface area contributed by atoms with Crippen LogP contribution < -0.4 is 0 Å². The summed E-state index contributed by atoms with van der Waals surface area (Å²) in [4.78, 5) is 79.9. The van der Waals surface area contributed by atoms with Crippen molar-refractivity contribution in [1.29, 1.82) is 0 Å². The van der Waals surface area contributed by atoms with Gasteiger partial charge in [-0.05, 0) is 111 Å². The van der Waals surface area contributed by atoms with Crippen LogP contribution >= 0.6 is 0 Å². The first-order chi connectivity index (χ1) is 28.2. The van der Waals surface area contributed by atoms with Gasteiger partial charge in [-0.2, -0.15) is 20.5 Å². The summed E-state index contributed by atoms with van der Waals surface area (Å²) in [6, 6.07) is 12.1. The van der Waals surface area contributed by atoms with Gasteiger partial charge in [0, 0.05) is 0 Å². The second kappa shape index (κ2) is 16.7. The summed E-state index contributed by atoms with van der Waals surface area (Å²) in [7, 11) is 0. The van der Waals surface area contributed by atoms with Gasteiger partial charge in [0.25, 0.3) is 0 Å². The average Bonchev–Trinajstić information content (AvgIpc) is 3.24. The molecule has 14 nitrogen and oxygen atoms in total. The second-order valence-corrected chi connectivity index (χ2v) is 15.8.